The monoisotopic (exact) mass is 331 g/mol. The second-order valence-electron chi connectivity index (χ2n) is 5.40. The average Bonchev–Trinajstić information content (AvgIpc) is 2.53. The number of para-hydroxylation sites is 2. The minimum absolute atomic E-state index is 0.0955. The topological polar surface area (TPSA) is 64.1 Å². The van der Waals surface area contributed by atoms with E-state index in [1.807, 2.05) is 37.3 Å². The Morgan fingerprint density at radius 2 is 2.04 bits per heavy atom. The standard InChI is InChI=1S/C17H21N3O2S/c1-11(2)17-18-12(3)9-16(20-17)23-10-15(21)19-13-7-5-6-8-14(13)22-4/h5-9,11H,10H2,1-4H3,(H,19,21). The number of methoxy groups -OCH3 is 1. The first-order valence-corrected chi connectivity index (χ1v) is 8.39. The van der Waals surface area contributed by atoms with Crippen LogP contribution in [0.4, 0.5) is 5.69 Å². The number of thioether (sulfide) groups is 1. The predicted molar refractivity (Wildman–Crippen MR) is 93.2 cm³/mol. The number of benzene rings is 1. The molecule has 23 heavy (non-hydrogen) atoms. The molecule has 1 N–H and O–H groups in total. The highest BCUT2D eigenvalue weighted by Crippen LogP contribution is 2.24. The smallest absolute Gasteiger partial charge is 0.234 e. The lowest BCUT2D eigenvalue weighted by molar-refractivity contribution is -0.113. The molecule has 0 aliphatic rings. The van der Waals surface area contributed by atoms with E-state index in [2.05, 4.69) is 29.1 Å². The fraction of sp³-hybridized carbons (Fsp3) is 0.353. The van der Waals surface area contributed by atoms with Crippen LogP contribution in [-0.2, 0) is 4.79 Å². The fourth-order valence-corrected chi connectivity index (χ4v) is 2.73. The highest BCUT2D eigenvalue weighted by Gasteiger charge is 2.10. The second kappa shape index (κ2) is 7.97. The molecule has 1 aromatic carbocycles. The summed E-state index contributed by atoms with van der Waals surface area (Å²) in [6.07, 6.45) is 0. The van der Waals surface area contributed by atoms with Gasteiger partial charge in [-0.2, -0.15) is 0 Å². The molecule has 0 bridgehead atoms. The van der Waals surface area contributed by atoms with Crippen LogP contribution >= 0.6 is 11.8 Å². The van der Waals surface area contributed by atoms with E-state index in [4.69, 9.17) is 4.74 Å². The molecule has 122 valence electrons. The first-order chi connectivity index (χ1) is 11.0. The van der Waals surface area contributed by atoms with E-state index in [1.165, 1.54) is 11.8 Å². The van der Waals surface area contributed by atoms with Crippen LogP contribution in [0.5, 0.6) is 5.75 Å². The summed E-state index contributed by atoms with van der Waals surface area (Å²) in [6.45, 7) is 6.04. The van der Waals surface area contributed by atoms with Crippen molar-refractivity contribution >= 4 is 23.4 Å². The number of hydrogen-bond donors (Lipinski definition) is 1. The third-order valence-electron chi connectivity index (χ3n) is 3.10. The van der Waals surface area contributed by atoms with E-state index in [1.54, 1.807) is 7.11 Å². The lowest BCUT2D eigenvalue weighted by Gasteiger charge is -2.10. The van der Waals surface area contributed by atoms with E-state index >= 15 is 0 Å². The minimum atomic E-state index is -0.0955. The van der Waals surface area contributed by atoms with Crippen LogP contribution < -0.4 is 10.1 Å². The Labute approximate surface area is 140 Å². The Morgan fingerprint density at radius 1 is 1.30 bits per heavy atom. The summed E-state index contributed by atoms with van der Waals surface area (Å²) in [6, 6.07) is 9.24. The molecule has 1 aromatic heterocycles. The normalized spacial score (nSPS) is 10.7. The van der Waals surface area contributed by atoms with Gasteiger partial charge in [0.15, 0.2) is 0 Å². The summed E-state index contributed by atoms with van der Waals surface area (Å²) in [5.74, 6) is 1.90. The lowest BCUT2D eigenvalue weighted by atomic mass is 10.2. The van der Waals surface area contributed by atoms with Crippen molar-refractivity contribution in [3.8, 4) is 5.75 Å². The Morgan fingerprint density at radius 3 is 2.74 bits per heavy atom. The van der Waals surface area contributed by atoms with Gasteiger partial charge < -0.3 is 10.1 Å². The molecule has 1 amide bonds. The van der Waals surface area contributed by atoms with Crippen molar-refractivity contribution < 1.29 is 9.53 Å². The van der Waals surface area contributed by atoms with Gasteiger partial charge in [-0.1, -0.05) is 37.7 Å². The number of aromatic nitrogens is 2. The minimum Gasteiger partial charge on any atom is -0.495 e. The maximum Gasteiger partial charge on any atom is 0.234 e. The molecule has 0 saturated carbocycles. The van der Waals surface area contributed by atoms with Crippen molar-refractivity contribution in [2.24, 2.45) is 0 Å². The summed E-state index contributed by atoms with van der Waals surface area (Å²) in [5, 5.41) is 3.67. The fourth-order valence-electron chi connectivity index (χ4n) is 1.97. The predicted octanol–water partition coefficient (Wildman–Crippen LogP) is 3.65. The van der Waals surface area contributed by atoms with Gasteiger partial charge in [-0.05, 0) is 25.1 Å². The number of anilines is 1. The summed E-state index contributed by atoms with van der Waals surface area (Å²) in [4.78, 5) is 21.0. The Balaban J connectivity index is 1.99. The molecule has 0 fully saturated rings. The molecule has 2 aromatic rings. The van der Waals surface area contributed by atoms with Gasteiger partial charge in [0, 0.05) is 11.6 Å². The molecular weight excluding hydrogens is 310 g/mol. The van der Waals surface area contributed by atoms with E-state index in [0.717, 1.165) is 16.5 Å². The van der Waals surface area contributed by atoms with Gasteiger partial charge in [0.2, 0.25) is 5.91 Å². The van der Waals surface area contributed by atoms with E-state index in [-0.39, 0.29) is 17.6 Å². The third kappa shape index (κ3) is 4.96. The molecule has 0 spiro atoms. The van der Waals surface area contributed by atoms with Crippen molar-refractivity contribution in [1.29, 1.82) is 0 Å². The van der Waals surface area contributed by atoms with E-state index in [9.17, 15) is 4.79 Å². The highest BCUT2D eigenvalue weighted by atomic mass is 32.2. The number of rotatable bonds is 6. The van der Waals surface area contributed by atoms with Gasteiger partial charge in [-0.25, -0.2) is 9.97 Å². The van der Waals surface area contributed by atoms with Crippen molar-refractivity contribution in [3.63, 3.8) is 0 Å². The number of aryl methyl sites for hydroxylation is 1. The summed E-state index contributed by atoms with van der Waals surface area (Å²) < 4.78 is 5.22. The molecule has 5 nitrogen and oxygen atoms in total. The number of carbonyl (C=O) groups excluding carboxylic acids is 1. The van der Waals surface area contributed by atoms with Gasteiger partial charge in [0.25, 0.3) is 0 Å². The van der Waals surface area contributed by atoms with E-state index < -0.39 is 0 Å². The maximum absolute atomic E-state index is 12.1. The van der Waals surface area contributed by atoms with Crippen LogP contribution in [-0.4, -0.2) is 28.7 Å². The SMILES string of the molecule is COc1ccccc1NC(=O)CSc1cc(C)nc(C(C)C)n1. The zero-order valence-electron chi connectivity index (χ0n) is 13.8. The Kier molecular flexibility index (Phi) is 5.98. The molecule has 0 atom stereocenters. The van der Waals surface area contributed by atoms with Crippen LogP contribution in [0.2, 0.25) is 0 Å². The second-order valence-corrected chi connectivity index (χ2v) is 6.39. The quantitative estimate of drug-likeness (QED) is 0.646. The highest BCUT2D eigenvalue weighted by molar-refractivity contribution is 7.99. The lowest BCUT2D eigenvalue weighted by Crippen LogP contribution is -2.15. The number of ether oxygens (including phenoxy) is 1. The molecule has 0 saturated heterocycles. The van der Waals surface area contributed by atoms with Gasteiger partial charge in [0.1, 0.15) is 16.6 Å². The van der Waals surface area contributed by atoms with Crippen LogP contribution in [0.25, 0.3) is 0 Å². The summed E-state index contributed by atoms with van der Waals surface area (Å²) >= 11 is 1.40. The molecule has 2 rings (SSSR count). The Hall–Kier alpha value is -2.08. The molecule has 0 unspecified atom stereocenters. The number of amides is 1. The first kappa shape index (κ1) is 17.3. The molecule has 0 radical (unpaired) electrons. The van der Waals surface area contributed by atoms with Crippen molar-refractivity contribution in [3.05, 3.63) is 41.9 Å². The summed E-state index contributed by atoms with van der Waals surface area (Å²) in [7, 11) is 1.58. The zero-order chi connectivity index (χ0) is 16.8. The van der Waals surface area contributed by atoms with Gasteiger partial charge in [-0.3, -0.25) is 4.79 Å². The van der Waals surface area contributed by atoms with Crippen LogP contribution in [0.3, 0.4) is 0 Å². The third-order valence-corrected chi connectivity index (χ3v) is 4.01. The van der Waals surface area contributed by atoms with Crippen LogP contribution in [0, 0.1) is 6.92 Å². The molecule has 0 aliphatic heterocycles. The van der Waals surface area contributed by atoms with Gasteiger partial charge in [0.05, 0.1) is 18.6 Å². The van der Waals surface area contributed by atoms with Gasteiger partial charge >= 0.3 is 0 Å². The van der Waals surface area contributed by atoms with Crippen molar-refractivity contribution in [1.82, 2.24) is 9.97 Å². The van der Waals surface area contributed by atoms with E-state index in [0.29, 0.717) is 11.4 Å². The summed E-state index contributed by atoms with van der Waals surface area (Å²) in [5.41, 5.74) is 1.58. The number of carbonyl (C=O) groups is 1. The van der Waals surface area contributed by atoms with Crippen molar-refractivity contribution in [2.45, 2.75) is 31.7 Å². The number of hydrogen-bond acceptors (Lipinski definition) is 5. The first-order valence-electron chi connectivity index (χ1n) is 7.41. The van der Waals surface area contributed by atoms with Crippen LogP contribution in [0.15, 0.2) is 35.4 Å². The molecule has 0 aliphatic carbocycles. The van der Waals surface area contributed by atoms with Gasteiger partial charge in [-0.15, -0.1) is 0 Å². The zero-order valence-corrected chi connectivity index (χ0v) is 14.6. The maximum atomic E-state index is 12.1. The number of nitrogens with one attached hydrogen (secondary N) is 1. The molecule has 6 heteroatoms. The largest absolute Gasteiger partial charge is 0.495 e. The average molecular weight is 331 g/mol. The number of nitrogens with zero attached hydrogens (tertiary/aromatic N) is 2. The van der Waals surface area contributed by atoms with Crippen molar-refractivity contribution in [2.75, 3.05) is 18.2 Å². The molecular formula is C17H21N3O2S. The molecule has 1 heterocycles. The van der Waals surface area contributed by atoms with Crippen LogP contribution in [0.1, 0.15) is 31.3 Å². The Bertz CT molecular complexity index is 689.